The van der Waals surface area contributed by atoms with Crippen molar-refractivity contribution in [1.82, 2.24) is 14.5 Å². The fraction of sp³-hybridized carbons (Fsp3) is 0.269. The number of benzene rings is 2. The summed E-state index contributed by atoms with van der Waals surface area (Å²) in [4.78, 5) is 33.0. The summed E-state index contributed by atoms with van der Waals surface area (Å²) in [6.07, 6.45) is 3.69. The molecule has 3 heterocycles. The molecule has 5 rings (SSSR count). The van der Waals surface area contributed by atoms with Gasteiger partial charge in [0.05, 0.1) is 11.8 Å². The van der Waals surface area contributed by atoms with E-state index in [2.05, 4.69) is 41.2 Å². The van der Waals surface area contributed by atoms with Crippen LogP contribution in [0.15, 0.2) is 71.8 Å². The standard InChI is InChI=1S/C26H25N3O3S/c1-28-13-11-18(12-14-28)17-7-9-19(10-8-17)22-15-21-24(33-22)25(30)29(16-27-21)23(26(31)32)20-5-3-2-4-6-20/h2-10,15-16,18,23H,11-14H2,1H3,(H,31,32). The Labute approximate surface area is 195 Å². The Hall–Kier alpha value is -3.29. The van der Waals surface area contributed by atoms with Gasteiger partial charge in [-0.3, -0.25) is 9.36 Å². The van der Waals surface area contributed by atoms with Crippen molar-refractivity contribution in [2.45, 2.75) is 24.8 Å². The molecule has 0 aliphatic carbocycles. The van der Waals surface area contributed by atoms with Crippen LogP contribution in [0.1, 0.15) is 35.9 Å². The number of thiophene rings is 1. The van der Waals surface area contributed by atoms with Crippen molar-refractivity contribution >= 4 is 27.5 Å². The second-order valence-corrected chi connectivity index (χ2v) is 9.69. The predicted octanol–water partition coefficient (Wildman–Crippen LogP) is 4.61. The quantitative estimate of drug-likeness (QED) is 0.472. The van der Waals surface area contributed by atoms with Crippen LogP contribution >= 0.6 is 11.3 Å². The van der Waals surface area contributed by atoms with Crippen LogP contribution in [0.4, 0.5) is 0 Å². The summed E-state index contributed by atoms with van der Waals surface area (Å²) >= 11 is 1.36. The Morgan fingerprint density at radius 2 is 1.79 bits per heavy atom. The highest BCUT2D eigenvalue weighted by atomic mass is 32.1. The number of carbonyl (C=O) groups is 1. The fourth-order valence-corrected chi connectivity index (χ4v) is 5.62. The Kier molecular flexibility index (Phi) is 5.83. The van der Waals surface area contributed by atoms with Gasteiger partial charge in [-0.15, -0.1) is 11.3 Å². The molecule has 1 atom stereocenters. The SMILES string of the molecule is CN1CCC(c2ccc(-c3cc4ncn(C(C(=O)O)c5ccccc5)c(=O)c4s3)cc2)CC1. The summed E-state index contributed by atoms with van der Waals surface area (Å²) in [5, 5.41) is 9.82. The van der Waals surface area contributed by atoms with Gasteiger partial charge in [0.2, 0.25) is 0 Å². The van der Waals surface area contributed by atoms with Gasteiger partial charge in [0.15, 0.2) is 6.04 Å². The molecule has 6 nitrogen and oxygen atoms in total. The maximum absolute atomic E-state index is 13.2. The third kappa shape index (κ3) is 4.21. The highest BCUT2D eigenvalue weighted by molar-refractivity contribution is 7.22. The minimum atomic E-state index is -1.12. The third-order valence-electron chi connectivity index (χ3n) is 6.48. The molecule has 1 N–H and O–H groups in total. The van der Waals surface area contributed by atoms with Crippen molar-refractivity contribution in [3.05, 3.63) is 88.5 Å². The summed E-state index contributed by atoms with van der Waals surface area (Å²) in [6, 6.07) is 18.2. The lowest BCUT2D eigenvalue weighted by Crippen LogP contribution is -2.30. The topological polar surface area (TPSA) is 75.4 Å². The van der Waals surface area contributed by atoms with Gasteiger partial charge >= 0.3 is 5.97 Å². The Morgan fingerprint density at radius 3 is 2.45 bits per heavy atom. The van der Waals surface area contributed by atoms with E-state index in [0.29, 0.717) is 21.7 Å². The van der Waals surface area contributed by atoms with Gasteiger partial charge in [-0.1, -0.05) is 54.6 Å². The highest BCUT2D eigenvalue weighted by Gasteiger charge is 2.25. The first kappa shape index (κ1) is 21.6. The average Bonchev–Trinajstić information content (AvgIpc) is 3.27. The number of hydrogen-bond acceptors (Lipinski definition) is 5. The zero-order valence-corrected chi connectivity index (χ0v) is 19.2. The second kappa shape index (κ2) is 8.92. The highest BCUT2D eigenvalue weighted by Crippen LogP contribution is 2.34. The third-order valence-corrected chi connectivity index (χ3v) is 7.64. The summed E-state index contributed by atoms with van der Waals surface area (Å²) in [7, 11) is 2.17. The number of hydrogen-bond donors (Lipinski definition) is 1. The molecule has 1 aliphatic heterocycles. The van der Waals surface area contributed by atoms with E-state index in [9.17, 15) is 14.7 Å². The largest absolute Gasteiger partial charge is 0.479 e. The van der Waals surface area contributed by atoms with E-state index >= 15 is 0 Å². The van der Waals surface area contributed by atoms with Gasteiger partial charge in [0.25, 0.3) is 5.56 Å². The molecule has 1 fully saturated rings. The first-order chi connectivity index (χ1) is 16.0. The van der Waals surface area contributed by atoms with E-state index in [1.807, 2.05) is 12.1 Å². The number of carboxylic acids is 1. The van der Waals surface area contributed by atoms with Crippen molar-refractivity contribution in [2.75, 3.05) is 20.1 Å². The van der Waals surface area contributed by atoms with Crippen LogP contribution in [0, 0.1) is 0 Å². The van der Waals surface area contributed by atoms with Crippen LogP contribution in [-0.2, 0) is 4.79 Å². The zero-order chi connectivity index (χ0) is 22.9. The molecule has 0 spiro atoms. The van der Waals surface area contributed by atoms with Crippen molar-refractivity contribution in [2.24, 2.45) is 0 Å². The first-order valence-corrected chi connectivity index (χ1v) is 11.9. The number of likely N-dealkylation sites (tertiary alicyclic amines) is 1. The molecule has 168 valence electrons. The molecule has 2 aromatic carbocycles. The number of carboxylic acid groups (broad SMARTS) is 1. The van der Waals surface area contributed by atoms with Gasteiger partial charge in [-0.2, -0.15) is 0 Å². The van der Waals surface area contributed by atoms with Gasteiger partial charge < -0.3 is 10.0 Å². The van der Waals surface area contributed by atoms with Gasteiger partial charge in [0.1, 0.15) is 4.70 Å². The molecule has 1 aliphatic rings. The van der Waals surface area contributed by atoms with Crippen LogP contribution in [0.5, 0.6) is 0 Å². The second-order valence-electron chi connectivity index (χ2n) is 8.63. The van der Waals surface area contributed by atoms with Gasteiger partial charge in [-0.05, 0) is 61.7 Å². The number of nitrogens with zero attached hydrogens (tertiary/aromatic N) is 3. The van der Waals surface area contributed by atoms with Crippen LogP contribution in [0.25, 0.3) is 20.7 Å². The number of piperidine rings is 1. The zero-order valence-electron chi connectivity index (χ0n) is 18.3. The molecule has 4 aromatic rings. The summed E-state index contributed by atoms with van der Waals surface area (Å²) in [5.74, 6) is -0.497. The minimum absolute atomic E-state index is 0.338. The van der Waals surface area contributed by atoms with Crippen LogP contribution in [0.3, 0.4) is 0 Å². The molecule has 0 radical (unpaired) electrons. The molecule has 7 heteroatoms. The molecule has 2 aromatic heterocycles. The lowest BCUT2D eigenvalue weighted by Gasteiger charge is -2.29. The Bertz CT molecular complexity index is 1340. The first-order valence-electron chi connectivity index (χ1n) is 11.1. The number of aliphatic carboxylic acids is 1. The molecule has 0 bridgehead atoms. The van der Waals surface area contributed by atoms with E-state index in [-0.39, 0.29) is 5.56 Å². The van der Waals surface area contributed by atoms with E-state index in [0.717, 1.165) is 23.5 Å². The van der Waals surface area contributed by atoms with Crippen LogP contribution < -0.4 is 5.56 Å². The van der Waals surface area contributed by atoms with E-state index in [1.54, 1.807) is 24.3 Å². The number of fused-ring (bicyclic) bond motifs is 1. The normalized spacial score (nSPS) is 16.2. The van der Waals surface area contributed by atoms with Crippen molar-refractivity contribution in [3.63, 3.8) is 0 Å². The molecule has 1 unspecified atom stereocenters. The van der Waals surface area contributed by atoms with Crippen molar-refractivity contribution in [3.8, 4) is 10.4 Å². The minimum Gasteiger partial charge on any atom is -0.479 e. The van der Waals surface area contributed by atoms with Crippen LogP contribution in [-0.4, -0.2) is 45.7 Å². The Balaban J connectivity index is 1.47. The predicted molar refractivity (Wildman–Crippen MR) is 131 cm³/mol. The summed E-state index contributed by atoms with van der Waals surface area (Å²) < 4.78 is 1.68. The number of aromatic nitrogens is 2. The molecule has 33 heavy (non-hydrogen) atoms. The molecule has 1 saturated heterocycles. The number of rotatable bonds is 5. The molecular weight excluding hydrogens is 434 g/mol. The molecule has 0 saturated carbocycles. The Morgan fingerprint density at radius 1 is 1.09 bits per heavy atom. The smallest absolute Gasteiger partial charge is 0.331 e. The lowest BCUT2D eigenvalue weighted by atomic mass is 9.89. The summed E-state index contributed by atoms with van der Waals surface area (Å²) in [6.45, 7) is 2.25. The van der Waals surface area contributed by atoms with Crippen LogP contribution in [0.2, 0.25) is 0 Å². The lowest BCUT2D eigenvalue weighted by molar-refractivity contribution is -0.139. The molecule has 0 amide bonds. The fourth-order valence-electron chi connectivity index (χ4n) is 4.57. The van der Waals surface area contributed by atoms with Gasteiger partial charge in [-0.25, -0.2) is 9.78 Å². The maximum Gasteiger partial charge on any atom is 0.331 e. The maximum atomic E-state index is 13.2. The van der Waals surface area contributed by atoms with E-state index in [4.69, 9.17) is 0 Å². The van der Waals surface area contributed by atoms with Crippen molar-refractivity contribution < 1.29 is 9.90 Å². The summed E-state index contributed by atoms with van der Waals surface area (Å²) in [5.41, 5.74) is 3.19. The average molecular weight is 460 g/mol. The van der Waals surface area contributed by atoms with E-state index < -0.39 is 12.0 Å². The molecular formula is C26H25N3O3S. The monoisotopic (exact) mass is 459 g/mol. The van der Waals surface area contributed by atoms with Crippen molar-refractivity contribution in [1.29, 1.82) is 0 Å². The van der Waals surface area contributed by atoms with Gasteiger partial charge in [0, 0.05) is 4.88 Å². The van der Waals surface area contributed by atoms with E-state index in [1.165, 1.54) is 40.6 Å².